The van der Waals surface area contributed by atoms with Gasteiger partial charge in [0.2, 0.25) is 0 Å². The van der Waals surface area contributed by atoms with Crippen molar-refractivity contribution in [3.05, 3.63) is 35.1 Å². The third-order valence-corrected chi connectivity index (χ3v) is 3.04. The number of nitrogens with one attached hydrogen (secondary N) is 1. The Balaban J connectivity index is 2.87. The molecule has 1 unspecified atom stereocenters. The molecule has 0 aliphatic heterocycles. The van der Waals surface area contributed by atoms with Crippen LogP contribution < -0.4 is 5.32 Å². The number of benzene rings is 1. The van der Waals surface area contributed by atoms with E-state index in [-0.39, 0.29) is 12.1 Å². The van der Waals surface area contributed by atoms with Gasteiger partial charge >= 0.3 is 5.97 Å². The average Bonchev–Trinajstić information content (AvgIpc) is 2.36. The van der Waals surface area contributed by atoms with Gasteiger partial charge < -0.3 is 5.11 Å². The Morgan fingerprint density at radius 2 is 2.28 bits per heavy atom. The molecule has 1 aromatic rings. The second kappa shape index (κ2) is 5.61. The fourth-order valence-corrected chi connectivity index (χ4v) is 1.45. The zero-order valence-corrected chi connectivity index (χ0v) is 10.3. The van der Waals surface area contributed by atoms with Crippen molar-refractivity contribution >= 4 is 5.97 Å². The second-order valence-electron chi connectivity index (χ2n) is 4.26. The van der Waals surface area contributed by atoms with E-state index in [4.69, 9.17) is 10.4 Å². The van der Waals surface area contributed by atoms with Gasteiger partial charge in [0.15, 0.2) is 0 Å². The lowest BCUT2D eigenvalue weighted by Gasteiger charge is -2.24. The van der Waals surface area contributed by atoms with Crippen molar-refractivity contribution in [1.29, 1.82) is 5.26 Å². The average molecular weight is 250 g/mol. The van der Waals surface area contributed by atoms with Crippen molar-refractivity contribution in [1.82, 2.24) is 5.32 Å². The van der Waals surface area contributed by atoms with Crippen LogP contribution in [0.5, 0.6) is 0 Å². The summed E-state index contributed by atoms with van der Waals surface area (Å²) in [6.45, 7) is 3.54. The van der Waals surface area contributed by atoms with Crippen LogP contribution in [-0.4, -0.2) is 16.6 Å². The number of hydrogen-bond acceptors (Lipinski definition) is 3. The van der Waals surface area contributed by atoms with E-state index >= 15 is 0 Å². The predicted molar refractivity (Wildman–Crippen MR) is 64.3 cm³/mol. The Labute approximate surface area is 105 Å². The first-order valence-corrected chi connectivity index (χ1v) is 5.60. The van der Waals surface area contributed by atoms with Crippen LogP contribution in [0.2, 0.25) is 0 Å². The molecule has 18 heavy (non-hydrogen) atoms. The van der Waals surface area contributed by atoms with Crippen LogP contribution in [0.15, 0.2) is 18.2 Å². The SMILES string of the molecule is CCC(C)(NCc1ccc(F)cc1C#N)C(=O)O. The molecule has 0 spiro atoms. The maximum Gasteiger partial charge on any atom is 0.323 e. The maximum absolute atomic E-state index is 12.9. The van der Waals surface area contributed by atoms with Crippen LogP contribution in [0.1, 0.15) is 31.4 Å². The molecule has 0 saturated carbocycles. The van der Waals surface area contributed by atoms with Crippen LogP contribution in [0.4, 0.5) is 4.39 Å². The quantitative estimate of drug-likeness (QED) is 0.838. The topological polar surface area (TPSA) is 73.1 Å². The standard InChI is InChI=1S/C13H15FN2O2/c1-3-13(2,12(17)18)16-8-9-4-5-11(14)6-10(9)7-15/h4-6,16H,3,8H2,1-2H3,(H,17,18). The number of carboxylic acids is 1. The zero-order chi connectivity index (χ0) is 13.8. The molecule has 0 aliphatic rings. The number of carboxylic acid groups (broad SMARTS) is 1. The fraction of sp³-hybridized carbons (Fsp3) is 0.385. The molecule has 96 valence electrons. The molecule has 0 radical (unpaired) electrons. The fourth-order valence-electron chi connectivity index (χ4n) is 1.45. The number of rotatable bonds is 5. The molecule has 2 N–H and O–H groups in total. The van der Waals surface area contributed by atoms with Crippen molar-refractivity contribution in [2.45, 2.75) is 32.4 Å². The van der Waals surface area contributed by atoms with Gasteiger partial charge in [0.1, 0.15) is 11.4 Å². The molecule has 0 bridgehead atoms. The third kappa shape index (κ3) is 3.05. The van der Waals surface area contributed by atoms with Crippen molar-refractivity contribution in [3.8, 4) is 6.07 Å². The van der Waals surface area contributed by atoms with Crippen LogP contribution in [0, 0.1) is 17.1 Å². The Morgan fingerprint density at radius 1 is 1.61 bits per heavy atom. The molecule has 0 aliphatic carbocycles. The summed E-state index contributed by atoms with van der Waals surface area (Å²) in [6, 6.07) is 5.77. The highest BCUT2D eigenvalue weighted by molar-refractivity contribution is 5.78. The Bertz CT molecular complexity index is 496. The number of hydrogen-bond donors (Lipinski definition) is 2. The number of nitrogens with zero attached hydrogens (tertiary/aromatic N) is 1. The van der Waals surface area contributed by atoms with E-state index in [0.717, 1.165) is 6.07 Å². The third-order valence-electron chi connectivity index (χ3n) is 3.04. The highest BCUT2D eigenvalue weighted by Crippen LogP contribution is 2.14. The van der Waals surface area contributed by atoms with Gasteiger partial charge in [-0.2, -0.15) is 5.26 Å². The van der Waals surface area contributed by atoms with Crippen LogP contribution >= 0.6 is 0 Å². The molecule has 1 atom stereocenters. The lowest BCUT2D eigenvalue weighted by molar-refractivity contribution is -0.144. The second-order valence-corrected chi connectivity index (χ2v) is 4.26. The summed E-state index contributed by atoms with van der Waals surface area (Å²) in [6.07, 6.45) is 0.408. The Hall–Kier alpha value is -1.93. The van der Waals surface area contributed by atoms with E-state index in [9.17, 15) is 9.18 Å². The van der Waals surface area contributed by atoms with Crippen LogP contribution in [0.25, 0.3) is 0 Å². The van der Waals surface area contributed by atoms with E-state index in [0.29, 0.717) is 12.0 Å². The summed E-state index contributed by atoms with van der Waals surface area (Å²) in [7, 11) is 0. The highest BCUT2D eigenvalue weighted by Gasteiger charge is 2.30. The molecule has 0 amide bonds. The summed E-state index contributed by atoms with van der Waals surface area (Å²) in [5, 5.41) is 20.9. The van der Waals surface area contributed by atoms with Crippen molar-refractivity contribution in [3.63, 3.8) is 0 Å². The van der Waals surface area contributed by atoms with Crippen molar-refractivity contribution in [2.75, 3.05) is 0 Å². The Kier molecular flexibility index (Phi) is 4.40. The molecule has 0 heterocycles. The summed E-state index contributed by atoms with van der Waals surface area (Å²) < 4.78 is 12.9. The van der Waals surface area contributed by atoms with Gasteiger partial charge in [-0.15, -0.1) is 0 Å². The summed E-state index contributed by atoms with van der Waals surface area (Å²) in [5.41, 5.74) is -0.257. The summed E-state index contributed by atoms with van der Waals surface area (Å²) >= 11 is 0. The van der Waals surface area contributed by atoms with E-state index in [1.54, 1.807) is 13.8 Å². The number of halogens is 1. The zero-order valence-electron chi connectivity index (χ0n) is 10.3. The molecule has 0 saturated heterocycles. The smallest absolute Gasteiger partial charge is 0.323 e. The minimum atomic E-state index is -1.05. The normalized spacial score (nSPS) is 13.7. The molecule has 4 nitrogen and oxygen atoms in total. The predicted octanol–water partition coefficient (Wildman–Crippen LogP) is 2.04. The minimum absolute atomic E-state index is 0.208. The lowest BCUT2D eigenvalue weighted by atomic mass is 9.98. The van der Waals surface area contributed by atoms with E-state index in [1.165, 1.54) is 12.1 Å². The molecule has 0 fully saturated rings. The van der Waals surface area contributed by atoms with E-state index in [1.807, 2.05) is 6.07 Å². The van der Waals surface area contributed by atoms with Gasteiger partial charge in [-0.3, -0.25) is 10.1 Å². The molecular formula is C13H15FN2O2. The minimum Gasteiger partial charge on any atom is -0.480 e. The maximum atomic E-state index is 12.9. The number of carbonyl (C=O) groups is 1. The van der Waals surface area contributed by atoms with Gasteiger partial charge in [-0.25, -0.2) is 4.39 Å². The van der Waals surface area contributed by atoms with E-state index < -0.39 is 17.3 Å². The molecule has 0 aromatic heterocycles. The van der Waals surface area contributed by atoms with Gasteiger partial charge in [0.05, 0.1) is 11.6 Å². The molecule has 1 rings (SSSR count). The molecule has 5 heteroatoms. The van der Waals surface area contributed by atoms with Gasteiger partial charge in [0, 0.05) is 6.54 Å². The van der Waals surface area contributed by atoms with Crippen LogP contribution in [0.3, 0.4) is 0 Å². The number of aliphatic carboxylic acids is 1. The summed E-state index contributed by atoms with van der Waals surface area (Å²) in [4.78, 5) is 11.1. The van der Waals surface area contributed by atoms with Crippen molar-refractivity contribution < 1.29 is 14.3 Å². The van der Waals surface area contributed by atoms with Crippen molar-refractivity contribution in [2.24, 2.45) is 0 Å². The van der Waals surface area contributed by atoms with Crippen LogP contribution in [-0.2, 0) is 11.3 Å². The molecule has 1 aromatic carbocycles. The highest BCUT2D eigenvalue weighted by atomic mass is 19.1. The first kappa shape index (κ1) is 14.1. The van der Waals surface area contributed by atoms with Gasteiger partial charge in [-0.1, -0.05) is 13.0 Å². The largest absolute Gasteiger partial charge is 0.480 e. The summed E-state index contributed by atoms with van der Waals surface area (Å²) in [5.74, 6) is -1.43. The van der Waals surface area contributed by atoms with E-state index in [2.05, 4.69) is 5.32 Å². The first-order chi connectivity index (χ1) is 8.42. The first-order valence-electron chi connectivity index (χ1n) is 5.60. The number of nitriles is 1. The van der Waals surface area contributed by atoms with Gasteiger partial charge in [-0.05, 0) is 31.0 Å². The molecular weight excluding hydrogens is 235 g/mol. The lowest BCUT2D eigenvalue weighted by Crippen LogP contribution is -2.48. The Morgan fingerprint density at radius 3 is 2.78 bits per heavy atom. The monoisotopic (exact) mass is 250 g/mol. The van der Waals surface area contributed by atoms with Gasteiger partial charge in [0.25, 0.3) is 0 Å².